The first-order chi connectivity index (χ1) is 12.0. The van der Waals surface area contributed by atoms with Gasteiger partial charge in [0.1, 0.15) is 0 Å². The average Bonchev–Trinajstić information content (AvgIpc) is 2.97. The standard InChI is InChI=1S/C19H26BrN3O2/c1-13(2)22-9-7-15(8-10-22)21-19(25)14-11-18(24)23(12-14)17-6-4-3-5-16(17)20/h3-6,13-15H,7-12H2,1-2H3,(H,21,25)/t14-/m1/s1. The van der Waals surface area contributed by atoms with E-state index in [1.807, 2.05) is 24.3 Å². The lowest BCUT2D eigenvalue weighted by atomic mass is 10.0. The number of anilines is 1. The summed E-state index contributed by atoms with van der Waals surface area (Å²) >= 11 is 3.49. The van der Waals surface area contributed by atoms with Gasteiger partial charge in [-0.3, -0.25) is 9.59 Å². The number of nitrogens with one attached hydrogen (secondary N) is 1. The van der Waals surface area contributed by atoms with Gasteiger partial charge >= 0.3 is 0 Å². The van der Waals surface area contributed by atoms with Crippen molar-refractivity contribution in [3.05, 3.63) is 28.7 Å². The normalized spacial score (nSPS) is 22.6. The van der Waals surface area contributed by atoms with E-state index in [1.165, 1.54) is 0 Å². The van der Waals surface area contributed by atoms with Crippen LogP contribution in [0.15, 0.2) is 28.7 Å². The van der Waals surface area contributed by atoms with Crippen LogP contribution < -0.4 is 10.2 Å². The molecule has 2 fully saturated rings. The Labute approximate surface area is 157 Å². The Morgan fingerprint density at radius 2 is 1.92 bits per heavy atom. The van der Waals surface area contributed by atoms with E-state index in [4.69, 9.17) is 0 Å². The zero-order valence-electron chi connectivity index (χ0n) is 14.9. The van der Waals surface area contributed by atoms with E-state index in [-0.39, 0.29) is 30.2 Å². The maximum absolute atomic E-state index is 12.6. The molecule has 1 N–H and O–H groups in total. The van der Waals surface area contributed by atoms with Crippen LogP contribution in [-0.4, -0.2) is 48.4 Å². The van der Waals surface area contributed by atoms with Gasteiger partial charge < -0.3 is 15.1 Å². The lowest BCUT2D eigenvalue weighted by Crippen LogP contribution is -2.48. The van der Waals surface area contributed by atoms with Crippen LogP contribution in [0.3, 0.4) is 0 Å². The van der Waals surface area contributed by atoms with Gasteiger partial charge in [-0.05, 0) is 54.8 Å². The van der Waals surface area contributed by atoms with Crippen LogP contribution in [0.25, 0.3) is 0 Å². The second-order valence-electron chi connectivity index (χ2n) is 7.27. The summed E-state index contributed by atoms with van der Waals surface area (Å²) in [5, 5.41) is 3.17. The molecule has 0 radical (unpaired) electrons. The Morgan fingerprint density at radius 1 is 1.24 bits per heavy atom. The summed E-state index contributed by atoms with van der Waals surface area (Å²) in [6.45, 7) is 6.92. The highest BCUT2D eigenvalue weighted by molar-refractivity contribution is 9.10. The molecule has 6 heteroatoms. The Hall–Kier alpha value is -1.40. The van der Waals surface area contributed by atoms with Crippen LogP contribution in [0.5, 0.6) is 0 Å². The summed E-state index contributed by atoms with van der Waals surface area (Å²) in [6.07, 6.45) is 2.26. The third kappa shape index (κ3) is 4.23. The van der Waals surface area contributed by atoms with Crippen molar-refractivity contribution in [1.29, 1.82) is 0 Å². The number of piperidine rings is 1. The van der Waals surface area contributed by atoms with Crippen molar-refractivity contribution in [3.63, 3.8) is 0 Å². The molecule has 2 aliphatic heterocycles. The summed E-state index contributed by atoms with van der Waals surface area (Å²) in [5.74, 6) is -0.227. The number of amides is 2. The van der Waals surface area contributed by atoms with Crippen LogP contribution in [-0.2, 0) is 9.59 Å². The summed E-state index contributed by atoms with van der Waals surface area (Å²) < 4.78 is 0.880. The van der Waals surface area contributed by atoms with E-state index in [2.05, 4.69) is 40.0 Å². The molecule has 136 valence electrons. The molecule has 2 heterocycles. The number of hydrogen-bond donors (Lipinski definition) is 1. The molecule has 5 nitrogen and oxygen atoms in total. The maximum Gasteiger partial charge on any atom is 0.227 e. The van der Waals surface area contributed by atoms with Crippen molar-refractivity contribution in [2.75, 3.05) is 24.5 Å². The lowest BCUT2D eigenvalue weighted by Gasteiger charge is -2.35. The molecular formula is C19H26BrN3O2. The van der Waals surface area contributed by atoms with Crippen LogP contribution in [0.1, 0.15) is 33.1 Å². The SMILES string of the molecule is CC(C)N1CCC(NC(=O)[C@@H]2CC(=O)N(c3ccccc3Br)C2)CC1. The van der Waals surface area contributed by atoms with Crippen LogP contribution >= 0.6 is 15.9 Å². The van der Waals surface area contributed by atoms with Crippen LogP contribution in [0.2, 0.25) is 0 Å². The lowest BCUT2D eigenvalue weighted by molar-refractivity contribution is -0.127. The van der Waals surface area contributed by atoms with E-state index in [1.54, 1.807) is 4.90 Å². The highest BCUT2D eigenvalue weighted by atomic mass is 79.9. The smallest absolute Gasteiger partial charge is 0.227 e. The molecule has 0 spiro atoms. The Balaban J connectivity index is 1.56. The molecule has 0 unspecified atom stereocenters. The van der Waals surface area contributed by atoms with E-state index >= 15 is 0 Å². The van der Waals surface area contributed by atoms with E-state index in [0.29, 0.717) is 12.6 Å². The second kappa shape index (κ2) is 7.87. The van der Waals surface area contributed by atoms with Crippen molar-refractivity contribution < 1.29 is 9.59 Å². The van der Waals surface area contributed by atoms with E-state index in [9.17, 15) is 9.59 Å². The molecule has 1 aromatic rings. The Kier molecular flexibility index (Phi) is 5.79. The number of carbonyl (C=O) groups is 2. The van der Waals surface area contributed by atoms with Crippen molar-refractivity contribution >= 4 is 33.4 Å². The number of benzene rings is 1. The fourth-order valence-electron chi connectivity index (χ4n) is 3.67. The first-order valence-electron chi connectivity index (χ1n) is 9.05. The van der Waals surface area contributed by atoms with Gasteiger partial charge in [0.25, 0.3) is 0 Å². The predicted molar refractivity (Wildman–Crippen MR) is 102 cm³/mol. The zero-order chi connectivity index (χ0) is 18.0. The van der Waals surface area contributed by atoms with Gasteiger partial charge in [-0.1, -0.05) is 12.1 Å². The highest BCUT2D eigenvalue weighted by Gasteiger charge is 2.36. The molecule has 1 atom stereocenters. The van der Waals surface area contributed by atoms with E-state index < -0.39 is 0 Å². The van der Waals surface area contributed by atoms with Gasteiger partial charge in [-0.2, -0.15) is 0 Å². The van der Waals surface area contributed by atoms with Crippen molar-refractivity contribution in [3.8, 4) is 0 Å². The minimum Gasteiger partial charge on any atom is -0.353 e. The number of carbonyl (C=O) groups excluding carboxylic acids is 2. The summed E-state index contributed by atoms with van der Waals surface area (Å²) in [6, 6.07) is 8.44. The minimum atomic E-state index is -0.261. The number of hydrogen-bond acceptors (Lipinski definition) is 3. The van der Waals surface area contributed by atoms with Crippen LogP contribution in [0.4, 0.5) is 5.69 Å². The van der Waals surface area contributed by atoms with Gasteiger partial charge in [0, 0.05) is 42.6 Å². The zero-order valence-corrected chi connectivity index (χ0v) is 16.5. The summed E-state index contributed by atoms with van der Waals surface area (Å²) in [5.41, 5.74) is 0.841. The van der Waals surface area contributed by atoms with Gasteiger partial charge in [0.2, 0.25) is 11.8 Å². The third-order valence-corrected chi connectivity index (χ3v) is 5.92. The molecule has 3 rings (SSSR count). The number of para-hydroxylation sites is 1. The van der Waals surface area contributed by atoms with Crippen molar-refractivity contribution in [1.82, 2.24) is 10.2 Å². The minimum absolute atomic E-state index is 0.0154. The highest BCUT2D eigenvalue weighted by Crippen LogP contribution is 2.31. The molecule has 2 aliphatic rings. The molecular weight excluding hydrogens is 382 g/mol. The monoisotopic (exact) mass is 407 g/mol. The second-order valence-corrected chi connectivity index (χ2v) is 8.12. The van der Waals surface area contributed by atoms with Gasteiger partial charge in [0.05, 0.1) is 11.6 Å². The first kappa shape index (κ1) is 18.4. The number of likely N-dealkylation sites (tertiary alicyclic amines) is 1. The maximum atomic E-state index is 12.6. The van der Waals surface area contributed by atoms with Gasteiger partial charge in [-0.15, -0.1) is 0 Å². The quantitative estimate of drug-likeness (QED) is 0.834. The molecule has 0 bridgehead atoms. The molecule has 0 aliphatic carbocycles. The predicted octanol–water partition coefficient (Wildman–Crippen LogP) is 2.79. The van der Waals surface area contributed by atoms with Gasteiger partial charge in [0.15, 0.2) is 0 Å². The van der Waals surface area contributed by atoms with Crippen molar-refractivity contribution in [2.24, 2.45) is 5.92 Å². The Bertz CT molecular complexity index is 641. The van der Waals surface area contributed by atoms with Crippen LogP contribution in [0, 0.1) is 5.92 Å². The molecule has 0 saturated carbocycles. The molecule has 25 heavy (non-hydrogen) atoms. The fraction of sp³-hybridized carbons (Fsp3) is 0.579. The average molecular weight is 408 g/mol. The molecule has 2 saturated heterocycles. The summed E-state index contributed by atoms with van der Waals surface area (Å²) in [4.78, 5) is 29.2. The number of nitrogens with zero attached hydrogens (tertiary/aromatic N) is 2. The molecule has 2 amide bonds. The third-order valence-electron chi connectivity index (χ3n) is 5.25. The fourth-order valence-corrected chi connectivity index (χ4v) is 4.16. The van der Waals surface area contributed by atoms with Crippen molar-refractivity contribution in [2.45, 2.75) is 45.2 Å². The largest absolute Gasteiger partial charge is 0.353 e. The summed E-state index contributed by atoms with van der Waals surface area (Å²) in [7, 11) is 0. The van der Waals surface area contributed by atoms with E-state index in [0.717, 1.165) is 36.1 Å². The Morgan fingerprint density at radius 3 is 2.56 bits per heavy atom. The first-order valence-corrected chi connectivity index (χ1v) is 9.84. The number of halogens is 1. The number of rotatable bonds is 4. The van der Waals surface area contributed by atoms with Gasteiger partial charge in [-0.25, -0.2) is 0 Å². The molecule has 1 aromatic carbocycles. The molecule has 0 aromatic heterocycles. The topological polar surface area (TPSA) is 52.7 Å².